The lowest BCUT2D eigenvalue weighted by Crippen LogP contribution is -2.37. The van der Waals surface area contributed by atoms with Crippen LogP contribution < -0.4 is 4.90 Å². The van der Waals surface area contributed by atoms with E-state index in [4.69, 9.17) is 0 Å². The van der Waals surface area contributed by atoms with Crippen LogP contribution in [0.1, 0.15) is 18.9 Å². The third-order valence-corrected chi connectivity index (χ3v) is 6.28. The van der Waals surface area contributed by atoms with E-state index in [1.54, 1.807) is 0 Å². The molecule has 2 aliphatic carbocycles. The smallest absolute Gasteiger partial charge is 0.373 e. The lowest BCUT2D eigenvalue weighted by Gasteiger charge is -2.27. The second kappa shape index (κ2) is 5.08. The fourth-order valence-corrected chi connectivity index (χ4v) is 5.09. The van der Waals surface area contributed by atoms with Gasteiger partial charge in [0.15, 0.2) is 0 Å². The molecule has 1 aromatic rings. The molecule has 2 bridgehead atoms. The topological polar surface area (TPSA) is 40.5 Å². The summed E-state index contributed by atoms with van der Waals surface area (Å²) in [6.07, 6.45) is -2.69. The van der Waals surface area contributed by atoms with Crippen molar-refractivity contribution in [3.63, 3.8) is 0 Å². The molecule has 1 unspecified atom stereocenters. The lowest BCUT2D eigenvalue weighted by molar-refractivity contribution is -0.138. The van der Waals surface area contributed by atoms with Crippen LogP contribution in [0.15, 0.2) is 34.3 Å². The highest BCUT2D eigenvalue weighted by Gasteiger charge is 2.60. The van der Waals surface area contributed by atoms with Gasteiger partial charge in [0.25, 0.3) is 0 Å². The number of allylic oxidation sites excluding steroid dienone is 2. The highest BCUT2D eigenvalue weighted by atomic mass is 79.9. The summed E-state index contributed by atoms with van der Waals surface area (Å²) >= 11 is 2.90. The Bertz CT molecular complexity index is 761. The molecule has 1 N–H and O–H groups in total. The molecule has 1 saturated carbocycles. The van der Waals surface area contributed by atoms with Gasteiger partial charge in [-0.25, -0.2) is 0 Å². The summed E-state index contributed by atoms with van der Waals surface area (Å²) in [5.74, 6) is -0.609. The third-order valence-electron chi connectivity index (χ3n) is 5.59. The average Bonchev–Trinajstić information content (AvgIpc) is 3.10. The Balaban J connectivity index is 1.73. The van der Waals surface area contributed by atoms with E-state index in [1.807, 2.05) is 6.92 Å². The van der Waals surface area contributed by atoms with Crippen LogP contribution in [-0.4, -0.2) is 17.2 Å². The van der Waals surface area contributed by atoms with E-state index in [9.17, 15) is 23.1 Å². The monoisotopic (exact) mass is 401 g/mol. The van der Waals surface area contributed by atoms with Gasteiger partial charge >= 0.3 is 6.18 Å². The normalized spacial score (nSPS) is 34.8. The fourth-order valence-electron chi connectivity index (χ4n) is 4.62. The maximum absolute atomic E-state index is 13.1. The van der Waals surface area contributed by atoms with Crippen molar-refractivity contribution in [3.05, 3.63) is 39.9 Å². The zero-order valence-corrected chi connectivity index (χ0v) is 14.3. The SMILES string of the molecule is CC1=C[C@@H]2C[C@H]1[C@@H]1C(O)N(c3ccc(Br)c(C(F)(F)F)c3)C(=O)[C@@H]12. The van der Waals surface area contributed by atoms with Crippen LogP contribution in [0, 0.1) is 23.7 Å². The molecule has 0 spiro atoms. The van der Waals surface area contributed by atoms with Gasteiger partial charge in [0, 0.05) is 16.1 Å². The molecule has 1 amide bonds. The lowest BCUT2D eigenvalue weighted by atomic mass is 9.81. The Morgan fingerprint density at radius 1 is 1.33 bits per heavy atom. The molecule has 1 aliphatic heterocycles. The number of anilines is 1. The van der Waals surface area contributed by atoms with Gasteiger partial charge in [0.2, 0.25) is 5.91 Å². The largest absolute Gasteiger partial charge is 0.417 e. The van der Waals surface area contributed by atoms with E-state index in [-0.39, 0.29) is 39.7 Å². The summed E-state index contributed by atoms with van der Waals surface area (Å²) in [7, 11) is 0. The first-order chi connectivity index (χ1) is 11.2. The molecule has 3 nitrogen and oxygen atoms in total. The Labute approximate surface area is 145 Å². The number of amides is 1. The summed E-state index contributed by atoms with van der Waals surface area (Å²) in [6, 6.07) is 3.63. The predicted octanol–water partition coefficient (Wildman–Crippen LogP) is 3.96. The summed E-state index contributed by atoms with van der Waals surface area (Å²) in [6.45, 7) is 1.99. The van der Waals surface area contributed by atoms with E-state index < -0.39 is 18.0 Å². The molecule has 1 saturated heterocycles. The van der Waals surface area contributed by atoms with Crippen LogP contribution in [0.4, 0.5) is 18.9 Å². The summed E-state index contributed by atoms with van der Waals surface area (Å²) in [5.41, 5.74) is 0.408. The second-order valence-corrected chi connectivity index (χ2v) is 7.66. The molecule has 2 fully saturated rings. The van der Waals surface area contributed by atoms with Gasteiger partial charge in [-0.1, -0.05) is 27.6 Å². The molecule has 1 heterocycles. The average molecular weight is 402 g/mol. The van der Waals surface area contributed by atoms with Crippen LogP contribution in [0.5, 0.6) is 0 Å². The molecular weight excluding hydrogens is 387 g/mol. The Hall–Kier alpha value is -1.34. The Morgan fingerprint density at radius 3 is 2.71 bits per heavy atom. The molecule has 0 aromatic heterocycles. The van der Waals surface area contributed by atoms with Crippen LogP contribution in [-0.2, 0) is 11.0 Å². The number of halogens is 4. The zero-order chi connectivity index (χ0) is 17.4. The number of hydrogen-bond donors (Lipinski definition) is 1. The molecular formula is C17H15BrF3NO2. The number of aliphatic hydroxyl groups is 1. The minimum atomic E-state index is -4.53. The number of alkyl halides is 3. The molecule has 3 aliphatic rings. The quantitative estimate of drug-likeness (QED) is 0.723. The van der Waals surface area contributed by atoms with Gasteiger partial charge in [-0.15, -0.1) is 0 Å². The maximum Gasteiger partial charge on any atom is 0.417 e. The minimum Gasteiger partial charge on any atom is -0.373 e. The molecule has 7 heteroatoms. The number of fused-ring (bicyclic) bond motifs is 5. The van der Waals surface area contributed by atoms with Gasteiger partial charge in [-0.2, -0.15) is 13.2 Å². The van der Waals surface area contributed by atoms with E-state index >= 15 is 0 Å². The highest BCUT2D eigenvalue weighted by Crippen LogP contribution is 2.57. The molecule has 5 atom stereocenters. The highest BCUT2D eigenvalue weighted by molar-refractivity contribution is 9.10. The minimum absolute atomic E-state index is 0.0855. The van der Waals surface area contributed by atoms with Crippen LogP contribution >= 0.6 is 15.9 Å². The van der Waals surface area contributed by atoms with Crippen molar-refractivity contribution in [1.29, 1.82) is 0 Å². The number of benzene rings is 1. The van der Waals surface area contributed by atoms with Crippen molar-refractivity contribution < 1.29 is 23.1 Å². The summed E-state index contributed by atoms with van der Waals surface area (Å²) < 4.78 is 39.3. The van der Waals surface area contributed by atoms with Crippen molar-refractivity contribution in [2.75, 3.05) is 4.90 Å². The Kier molecular flexibility index (Phi) is 3.42. The number of nitrogens with zero attached hydrogens (tertiary/aromatic N) is 1. The van der Waals surface area contributed by atoms with E-state index in [1.165, 1.54) is 17.7 Å². The first-order valence-electron chi connectivity index (χ1n) is 7.76. The number of rotatable bonds is 1. The zero-order valence-electron chi connectivity index (χ0n) is 12.7. The van der Waals surface area contributed by atoms with Crippen molar-refractivity contribution in [1.82, 2.24) is 0 Å². The van der Waals surface area contributed by atoms with Crippen molar-refractivity contribution in [2.45, 2.75) is 25.7 Å². The molecule has 4 rings (SSSR count). The predicted molar refractivity (Wildman–Crippen MR) is 85.0 cm³/mol. The van der Waals surface area contributed by atoms with Crippen LogP contribution in [0.3, 0.4) is 0 Å². The summed E-state index contributed by atoms with van der Waals surface area (Å²) in [4.78, 5) is 13.9. The standard InChI is InChI=1S/C17H15BrF3NO2/c1-7-4-8-5-10(7)14-13(8)15(23)22(16(14)24)9-2-3-12(18)11(6-9)17(19,20)21/h2-4,6,8,10,13-14,16,24H,5H2,1H3/t8-,10-,13-,14+,16?/m1/s1. The number of hydrogen-bond acceptors (Lipinski definition) is 2. The molecule has 0 radical (unpaired) electrons. The van der Waals surface area contributed by atoms with Gasteiger partial charge in [-0.3, -0.25) is 9.69 Å². The van der Waals surface area contributed by atoms with Crippen LogP contribution in [0.2, 0.25) is 0 Å². The molecule has 1 aromatic carbocycles. The number of carbonyl (C=O) groups excluding carboxylic acids is 1. The van der Waals surface area contributed by atoms with Gasteiger partial charge < -0.3 is 5.11 Å². The van der Waals surface area contributed by atoms with E-state index in [2.05, 4.69) is 22.0 Å². The van der Waals surface area contributed by atoms with Crippen molar-refractivity contribution >= 4 is 27.5 Å². The van der Waals surface area contributed by atoms with Gasteiger partial charge in [0.1, 0.15) is 6.23 Å². The van der Waals surface area contributed by atoms with Crippen molar-refractivity contribution in [2.24, 2.45) is 23.7 Å². The first-order valence-corrected chi connectivity index (χ1v) is 8.55. The molecule has 24 heavy (non-hydrogen) atoms. The number of aliphatic hydroxyl groups excluding tert-OH is 1. The Morgan fingerprint density at radius 2 is 2.04 bits per heavy atom. The second-order valence-electron chi connectivity index (χ2n) is 6.80. The summed E-state index contributed by atoms with van der Waals surface area (Å²) in [5, 5.41) is 10.7. The van der Waals surface area contributed by atoms with Gasteiger partial charge in [0.05, 0.1) is 11.5 Å². The van der Waals surface area contributed by atoms with E-state index in [0.717, 1.165) is 17.4 Å². The fraction of sp³-hybridized carbons (Fsp3) is 0.471. The van der Waals surface area contributed by atoms with Crippen LogP contribution in [0.25, 0.3) is 0 Å². The molecule has 128 valence electrons. The first kappa shape index (κ1) is 16.1. The van der Waals surface area contributed by atoms with E-state index in [0.29, 0.717) is 0 Å². The maximum atomic E-state index is 13.1. The van der Waals surface area contributed by atoms with Crippen molar-refractivity contribution in [3.8, 4) is 0 Å². The van der Waals surface area contributed by atoms with Gasteiger partial charge in [-0.05, 0) is 43.4 Å². The third kappa shape index (κ3) is 2.10. The number of carbonyl (C=O) groups is 1.